The predicted octanol–water partition coefficient (Wildman–Crippen LogP) is 7.49. The van der Waals surface area contributed by atoms with Crippen LogP contribution in [0.5, 0.6) is 5.75 Å². The van der Waals surface area contributed by atoms with Gasteiger partial charge in [0.2, 0.25) is 0 Å². The lowest BCUT2D eigenvalue weighted by atomic mass is 10.0. The lowest BCUT2D eigenvalue weighted by Crippen LogP contribution is -2.54. The number of urea groups is 1. The summed E-state index contributed by atoms with van der Waals surface area (Å²) in [7, 11) is 0. The topological polar surface area (TPSA) is 80.6 Å². The number of benzene rings is 4. The summed E-state index contributed by atoms with van der Waals surface area (Å²) < 4.78 is 7.81. The van der Waals surface area contributed by atoms with Crippen molar-refractivity contribution in [1.29, 1.82) is 0 Å². The average molecular weight is 582 g/mol. The van der Waals surface area contributed by atoms with Crippen LogP contribution in [0.1, 0.15) is 23.6 Å². The summed E-state index contributed by atoms with van der Waals surface area (Å²) in [5, 5.41) is 2.36. The smallest absolute Gasteiger partial charge is 0.335 e. The number of imide groups is 2. The zero-order valence-electron chi connectivity index (χ0n) is 24.7. The summed E-state index contributed by atoms with van der Waals surface area (Å²) in [6, 6.07) is 34.1. The number of nitrogens with zero attached hydrogens (tertiary/aromatic N) is 2. The highest BCUT2D eigenvalue weighted by molar-refractivity contribution is 6.39. The Balaban J connectivity index is 1.57. The molecule has 0 radical (unpaired) electrons. The molecule has 1 aliphatic rings. The number of aryl methyl sites for hydroxylation is 2. The fourth-order valence-corrected chi connectivity index (χ4v) is 5.39. The molecule has 6 rings (SSSR count). The van der Waals surface area contributed by atoms with Gasteiger partial charge in [-0.15, -0.1) is 0 Å². The zero-order chi connectivity index (χ0) is 30.8. The van der Waals surface area contributed by atoms with Crippen LogP contribution in [0.25, 0.3) is 34.3 Å². The lowest BCUT2D eigenvalue weighted by Gasteiger charge is -2.27. The Morgan fingerprint density at radius 2 is 1.36 bits per heavy atom. The van der Waals surface area contributed by atoms with E-state index in [-0.39, 0.29) is 5.57 Å². The van der Waals surface area contributed by atoms with Crippen LogP contribution in [0.15, 0.2) is 115 Å². The maximum absolute atomic E-state index is 13.9. The molecule has 2 heterocycles. The maximum Gasteiger partial charge on any atom is 0.335 e. The molecule has 0 spiro atoms. The molecule has 0 unspecified atom stereocenters. The number of aromatic nitrogens is 1. The normalized spacial score (nSPS) is 14.2. The van der Waals surface area contributed by atoms with Gasteiger partial charge in [-0.3, -0.25) is 14.9 Å². The van der Waals surface area contributed by atoms with Crippen LogP contribution in [-0.4, -0.2) is 29.0 Å². The van der Waals surface area contributed by atoms with Crippen molar-refractivity contribution >= 4 is 29.6 Å². The number of anilines is 1. The van der Waals surface area contributed by atoms with E-state index in [4.69, 9.17) is 4.74 Å². The van der Waals surface area contributed by atoms with Crippen molar-refractivity contribution < 1.29 is 19.1 Å². The Hall–Kier alpha value is -5.69. The molecule has 4 amide bonds. The van der Waals surface area contributed by atoms with E-state index in [1.54, 1.807) is 18.2 Å². The Kier molecular flexibility index (Phi) is 7.69. The number of carbonyl (C=O) groups is 3. The molecule has 1 aliphatic heterocycles. The minimum atomic E-state index is -0.777. The molecule has 4 aromatic carbocycles. The van der Waals surface area contributed by atoms with Crippen molar-refractivity contribution in [2.45, 2.75) is 20.8 Å². The van der Waals surface area contributed by atoms with Crippen LogP contribution in [0.4, 0.5) is 10.5 Å². The van der Waals surface area contributed by atoms with E-state index in [0.29, 0.717) is 17.9 Å². The van der Waals surface area contributed by atoms with Crippen LogP contribution in [0.2, 0.25) is 0 Å². The molecular weight excluding hydrogens is 550 g/mol. The molecule has 0 aliphatic carbocycles. The van der Waals surface area contributed by atoms with E-state index in [2.05, 4.69) is 9.88 Å². The second-order valence-electron chi connectivity index (χ2n) is 10.6. The van der Waals surface area contributed by atoms with Crippen molar-refractivity contribution in [2.75, 3.05) is 11.5 Å². The highest BCUT2D eigenvalue weighted by atomic mass is 16.5. The zero-order valence-corrected chi connectivity index (χ0v) is 24.7. The summed E-state index contributed by atoms with van der Waals surface area (Å²) in [5.74, 6) is -0.667. The van der Waals surface area contributed by atoms with Gasteiger partial charge in [0.25, 0.3) is 11.8 Å². The van der Waals surface area contributed by atoms with E-state index < -0.39 is 17.8 Å². The molecule has 5 aromatic rings. The van der Waals surface area contributed by atoms with Crippen LogP contribution in [0, 0.1) is 13.8 Å². The molecule has 1 fully saturated rings. The Bertz CT molecular complexity index is 1910. The van der Waals surface area contributed by atoms with Crippen molar-refractivity contribution in [2.24, 2.45) is 0 Å². The number of hydrogen-bond acceptors (Lipinski definition) is 4. The first-order valence-electron chi connectivity index (χ1n) is 14.4. The van der Waals surface area contributed by atoms with Gasteiger partial charge in [0.05, 0.1) is 23.7 Å². The third-order valence-corrected chi connectivity index (χ3v) is 7.70. The summed E-state index contributed by atoms with van der Waals surface area (Å²) in [6.07, 6.45) is 1.58. The molecule has 218 valence electrons. The molecule has 0 atom stereocenters. The van der Waals surface area contributed by atoms with E-state index in [1.807, 2.05) is 118 Å². The van der Waals surface area contributed by atoms with E-state index in [1.165, 1.54) is 0 Å². The number of hydrogen-bond donors (Lipinski definition) is 1. The second kappa shape index (κ2) is 11.9. The molecule has 0 saturated carbocycles. The highest BCUT2D eigenvalue weighted by Crippen LogP contribution is 2.38. The summed E-state index contributed by atoms with van der Waals surface area (Å²) in [6.45, 7) is 6.37. The first kappa shape index (κ1) is 28.4. The number of carbonyl (C=O) groups excluding carboxylic acids is 3. The van der Waals surface area contributed by atoms with Gasteiger partial charge in [-0.2, -0.15) is 0 Å². The van der Waals surface area contributed by atoms with E-state index in [9.17, 15) is 14.4 Å². The fraction of sp³-hybridized carbons (Fsp3) is 0.108. The van der Waals surface area contributed by atoms with Crippen LogP contribution in [0.3, 0.4) is 0 Å². The number of ether oxygens (including phenoxy) is 1. The van der Waals surface area contributed by atoms with Gasteiger partial charge in [0, 0.05) is 11.3 Å². The molecule has 7 heteroatoms. The van der Waals surface area contributed by atoms with Gasteiger partial charge < -0.3 is 9.30 Å². The molecule has 1 saturated heterocycles. The first-order valence-corrected chi connectivity index (χ1v) is 14.4. The highest BCUT2D eigenvalue weighted by Gasteiger charge is 2.37. The summed E-state index contributed by atoms with van der Waals surface area (Å²) in [5.41, 5.74) is 7.24. The van der Waals surface area contributed by atoms with E-state index >= 15 is 0 Å². The minimum Gasteiger partial charge on any atom is -0.494 e. The number of nitrogens with one attached hydrogen (secondary N) is 1. The standard InChI is InChI=1S/C37H31N3O4/c1-4-44-31-19-17-29(18-20-31)39-33(26-11-7-5-8-12-26)23-28(34(39)27-13-9-6-10-14-27)22-32-35(41)38-37(43)40(36(32)42)30-16-15-24(2)25(3)21-30/h5-23H,4H2,1-3H3,(H,38,41,43)/b32-22-. The molecule has 7 nitrogen and oxygen atoms in total. The molecule has 1 N–H and O–H groups in total. The van der Waals surface area contributed by atoms with Gasteiger partial charge in [0.15, 0.2) is 0 Å². The van der Waals surface area contributed by atoms with Crippen molar-refractivity contribution in [3.05, 3.63) is 131 Å². The van der Waals surface area contributed by atoms with Gasteiger partial charge in [0.1, 0.15) is 11.3 Å². The lowest BCUT2D eigenvalue weighted by molar-refractivity contribution is -0.122. The van der Waals surface area contributed by atoms with Crippen molar-refractivity contribution in [1.82, 2.24) is 9.88 Å². The monoisotopic (exact) mass is 581 g/mol. The van der Waals surface area contributed by atoms with Crippen LogP contribution in [-0.2, 0) is 9.59 Å². The Labute approximate surface area is 256 Å². The number of amides is 4. The van der Waals surface area contributed by atoms with E-state index in [0.717, 1.165) is 50.0 Å². The number of barbiturate groups is 1. The van der Waals surface area contributed by atoms with Crippen molar-refractivity contribution in [3.63, 3.8) is 0 Å². The van der Waals surface area contributed by atoms with Crippen LogP contribution >= 0.6 is 0 Å². The fourth-order valence-electron chi connectivity index (χ4n) is 5.39. The van der Waals surface area contributed by atoms with Crippen molar-refractivity contribution in [3.8, 4) is 34.0 Å². The first-order chi connectivity index (χ1) is 21.4. The third-order valence-electron chi connectivity index (χ3n) is 7.70. The van der Waals surface area contributed by atoms with Gasteiger partial charge in [-0.05, 0) is 91.6 Å². The largest absolute Gasteiger partial charge is 0.494 e. The van der Waals surface area contributed by atoms with Crippen LogP contribution < -0.4 is 15.0 Å². The van der Waals surface area contributed by atoms with Gasteiger partial charge in [-0.25, -0.2) is 9.69 Å². The molecule has 1 aromatic heterocycles. The predicted molar refractivity (Wildman–Crippen MR) is 173 cm³/mol. The average Bonchev–Trinajstić information content (AvgIpc) is 3.41. The summed E-state index contributed by atoms with van der Waals surface area (Å²) in [4.78, 5) is 41.1. The quantitative estimate of drug-likeness (QED) is 0.160. The Morgan fingerprint density at radius 1 is 0.727 bits per heavy atom. The SMILES string of the molecule is CCOc1ccc(-n2c(-c3ccccc3)cc(/C=C3/C(=O)NC(=O)N(c4ccc(C)c(C)c4)C3=O)c2-c2ccccc2)cc1. The molecule has 44 heavy (non-hydrogen) atoms. The Morgan fingerprint density at radius 3 is 2.00 bits per heavy atom. The van der Waals surface area contributed by atoms with Gasteiger partial charge in [-0.1, -0.05) is 66.7 Å². The summed E-state index contributed by atoms with van der Waals surface area (Å²) >= 11 is 0. The molecule has 0 bridgehead atoms. The molecular formula is C37H31N3O4. The maximum atomic E-state index is 13.9. The minimum absolute atomic E-state index is 0.136. The second-order valence-corrected chi connectivity index (χ2v) is 10.6. The third kappa shape index (κ3) is 5.31. The number of rotatable bonds is 7. The van der Waals surface area contributed by atoms with Gasteiger partial charge >= 0.3 is 6.03 Å².